The first-order chi connectivity index (χ1) is 11.8. The van der Waals surface area contributed by atoms with Crippen molar-refractivity contribution in [3.8, 4) is 5.75 Å². The van der Waals surface area contributed by atoms with E-state index in [4.69, 9.17) is 4.74 Å². The zero-order valence-corrected chi connectivity index (χ0v) is 16.4. The molecule has 6 nitrogen and oxygen atoms in total. The molecule has 0 bridgehead atoms. The maximum Gasteiger partial charge on any atom is 0.246 e. The lowest BCUT2D eigenvalue weighted by Gasteiger charge is -2.23. The minimum atomic E-state index is -3.66. The van der Waals surface area contributed by atoms with Crippen LogP contribution in [0.2, 0.25) is 0 Å². The summed E-state index contributed by atoms with van der Waals surface area (Å²) in [5, 5.41) is 0. The molecule has 7 heteroatoms. The Morgan fingerprint density at radius 3 is 2.44 bits per heavy atom. The van der Waals surface area contributed by atoms with E-state index < -0.39 is 10.0 Å². The molecule has 0 radical (unpaired) electrons. The summed E-state index contributed by atoms with van der Waals surface area (Å²) < 4.78 is 33.0. The summed E-state index contributed by atoms with van der Waals surface area (Å²) in [5.41, 5.74) is 1.90. The van der Waals surface area contributed by atoms with Gasteiger partial charge in [-0.1, -0.05) is 6.92 Å². The fourth-order valence-corrected chi connectivity index (χ4v) is 4.71. The molecule has 1 fully saturated rings. The Morgan fingerprint density at radius 1 is 1.12 bits per heavy atom. The van der Waals surface area contributed by atoms with E-state index in [9.17, 15) is 13.2 Å². The van der Waals surface area contributed by atoms with Gasteiger partial charge in [-0.25, -0.2) is 8.42 Å². The van der Waals surface area contributed by atoms with Crippen LogP contribution in [0.25, 0.3) is 0 Å². The first-order valence-corrected chi connectivity index (χ1v) is 10.2. The number of aryl methyl sites for hydroxylation is 2. The van der Waals surface area contributed by atoms with Gasteiger partial charge in [0.1, 0.15) is 10.6 Å². The lowest BCUT2D eigenvalue weighted by molar-refractivity contribution is -0.131. The Hall–Kier alpha value is -1.60. The van der Waals surface area contributed by atoms with Crippen molar-refractivity contribution in [1.82, 2.24) is 9.21 Å². The van der Waals surface area contributed by atoms with Crippen LogP contribution in [0, 0.1) is 13.8 Å². The third-order valence-corrected chi connectivity index (χ3v) is 6.59. The number of nitrogens with zero attached hydrogens (tertiary/aromatic N) is 2. The molecular formula is C18H28N2O4S. The molecule has 0 N–H and O–H groups in total. The van der Waals surface area contributed by atoms with Gasteiger partial charge in [-0.15, -0.1) is 0 Å². The Bertz CT molecular complexity index is 731. The van der Waals surface area contributed by atoms with E-state index >= 15 is 0 Å². The topological polar surface area (TPSA) is 66.9 Å². The van der Waals surface area contributed by atoms with E-state index in [1.807, 2.05) is 20.8 Å². The Kier molecular flexibility index (Phi) is 6.46. The van der Waals surface area contributed by atoms with Crippen LogP contribution in [0.3, 0.4) is 0 Å². The number of carbonyl (C=O) groups is 1. The highest BCUT2D eigenvalue weighted by atomic mass is 32.2. The van der Waals surface area contributed by atoms with E-state index in [2.05, 4.69) is 0 Å². The summed E-state index contributed by atoms with van der Waals surface area (Å²) in [6.07, 6.45) is 1.96. The highest BCUT2D eigenvalue weighted by Crippen LogP contribution is 2.30. The second-order valence-corrected chi connectivity index (χ2v) is 8.38. The molecule has 1 aromatic rings. The van der Waals surface area contributed by atoms with Crippen molar-refractivity contribution in [2.24, 2.45) is 0 Å². The van der Waals surface area contributed by atoms with Crippen molar-refractivity contribution in [2.45, 2.75) is 44.9 Å². The smallest absolute Gasteiger partial charge is 0.246 e. The number of benzene rings is 1. The van der Waals surface area contributed by atoms with Gasteiger partial charge in [-0.3, -0.25) is 4.79 Å². The van der Waals surface area contributed by atoms with Crippen LogP contribution in [-0.2, 0) is 14.8 Å². The van der Waals surface area contributed by atoms with Crippen molar-refractivity contribution in [3.05, 3.63) is 23.3 Å². The zero-order chi connectivity index (χ0) is 18.6. The lowest BCUT2D eigenvalue weighted by atomic mass is 10.1. The molecule has 0 atom stereocenters. The standard InChI is InChI=1S/C18H28N2O4S/c1-5-7-18(21)19-8-6-9-20(11-10-19)25(22,23)17-13-15(3)14(2)12-16(17)24-4/h12-13H,5-11H2,1-4H3. The maximum atomic E-state index is 13.1. The number of hydrogen-bond acceptors (Lipinski definition) is 4. The summed E-state index contributed by atoms with van der Waals surface area (Å²) in [5.74, 6) is 0.469. The van der Waals surface area contributed by atoms with Crippen LogP contribution in [0.5, 0.6) is 5.75 Å². The second kappa shape index (κ2) is 8.19. The van der Waals surface area contributed by atoms with Gasteiger partial charge in [0.05, 0.1) is 7.11 Å². The number of amides is 1. The fraction of sp³-hybridized carbons (Fsp3) is 0.611. The van der Waals surface area contributed by atoms with Gasteiger partial charge in [0.25, 0.3) is 0 Å². The highest BCUT2D eigenvalue weighted by Gasteiger charge is 2.30. The largest absolute Gasteiger partial charge is 0.495 e. The predicted molar refractivity (Wildman–Crippen MR) is 97.3 cm³/mol. The average molecular weight is 368 g/mol. The molecule has 0 aliphatic carbocycles. The van der Waals surface area contributed by atoms with Crippen LogP contribution in [-0.4, -0.2) is 56.8 Å². The van der Waals surface area contributed by atoms with E-state index in [0.717, 1.165) is 17.5 Å². The molecule has 0 aromatic heterocycles. The van der Waals surface area contributed by atoms with Crippen molar-refractivity contribution in [2.75, 3.05) is 33.3 Å². The quantitative estimate of drug-likeness (QED) is 0.800. The van der Waals surface area contributed by atoms with Crippen molar-refractivity contribution in [1.29, 1.82) is 0 Å². The molecule has 1 aliphatic heterocycles. The number of rotatable bonds is 5. The Balaban J connectivity index is 2.26. The number of ether oxygens (including phenoxy) is 1. The van der Waals surface area contributed by atoms with E-state index in [1.165, 1.54) is 11.4 Å². The van der Waals surface area contributed by atoms with Crippen molar-refractivity contribution in [3.63, 3.8) is 0 Å². The average Bonchev–Trinajstić information content (AvgIpc) is 2.83. The molecule has 0 spiro atoms. The van der Waals surface area contributed by atoms with Gasteiger partial charge in [-0.2, -0.15) is 4.31 Å². The number of hydrogen-bond donors (Lipinski definition) is 0. The van der Waals surface area contributed by atoms with Crippen LogP contribution >= 0.6 is 0 Å². The van der Waals surface area contributed by atoms with Gasteiger partial charge >= 0.3 is 0 Å². The van der Waals surface area contributed by atoms with Gasteiger partial charge < -0.3 is 9.64 Å². The van der Waals surface area contributed by atoms with Gasteiger partial charge in [0.15, 0.2) is 0 Å². The van der Waals surface area contributed by atoms with Crippen molar-refractivity contribution >= 4 is 15.9 Å². The lowest BCUT2D eigenvalue weighted by Crippen LogP contribution is -2.37. The van der Waals surface area contributed by atoms with Crippen LogP contribution < -0.4 is 4.74 Å². The summed E-state index contributed by atoms with van der Waals surface area (Å²) in [4.78, 5) is 14.1. The first kappa shape index (κ1) is 19.7. The molecule has 2 rings (SSSR count). The molecule has 1 heterocycles. The SMILES string of the molecule is CCCC(=O)N1CCCN(S(=O)(=O)c2cc(C)c(C)cc2OC)CC1. The predicted octanol–water partition coefficient (Wildman–Crippen LogP) is 2.34. The monoisotopic (exact) mass is 368 g/mol. The minimum Gasteiger partial charge on any atom is -0.495 e. The number of methoxy groups -OCH3 is 1. The van der Waals surface area contributed by atoms with Gasteiger partial charge in [0, 0.05) is 32.6 Å². The zero-order valence-electron chi connectivity index (χ0n) is 15.5. The summed E-state index contributed by atoms with van der Waals surface area (Å²) in [6.45, 7) is 7.56. The van der Waals surface area contributed by atoms with E-state index in [0.29, 0.717) is 44.8 Å². The maximum absolute atomic E-state index is 13.1. The molecule has 140 valence electrons. The molecule has 25 heavy (non-hydrogen) atoms. The molecular weight excluding hydrogens is 340 g/mol. The summed E-state index contributed by atoms with van der Waals surface area (Å²) in [7, 11) is -2.18. The minimum absolute atomic E-state index is 0.102. The third-order valence-electron chi connectivity index (χ3n) is 4.67. The number of sulfonamides is 1. The fourth-order valence-electron chi connectivity index (χ4n) is 3.02. The highest BCUT2D eigenvalue weighted by molar-refractivity contribution is 7.89. The van der Waals surface area contributed by atoms with Crippen LogP contribution in [0.4, 0.5) is 0 Å². The van der Waals surface area contributed by atoms with E-state index in [1.54, 1.807) is 17.0 Å². The molecule has 0 saturated carbocycles. The molecule has 1 amide bonds. The Morgan fingerprint density at radius 2 is 1.80 bits per heavy atom. The normalized spacial score (nSPS) is 16.6. The molecule has 1 aliphatic rings. The van der Waals surface area contributed by atoms with Crippen LogP contribution in [0.15, 0.2) is 17.0 Å². The first-order valence-electron chi connectivity index (χ1n) is 8.74. The van der Waals surface area contributed by atoms with Gasteiger partial charge in [0.2, 0.25) is 15.9 Å². The summed E-state index contributed by atoms with van der Waals surface area (Å²) >= 11 is 0. The second-order valence-electron chi connectivity index (χ2n) is 6.48. The summed E-state index contributed by atoms with van der Waals surface area (Å²) in [6, 6.07) is 3.44. The molecule has 1 aromatic carbocycles. The van der Waals surface area contributed by atoms with Gasteiger partial charge in [-0.05, 0) is 49.9 Å². The number of carbonyl (C=O) groups excluding carboxylic acids is 1. The van der Waals surface area contributed by atoms with Crippen molar-refractivity contribution < 1.29 is 17.9 Å². The molecule has 0 unspecified atom stereocenters. The third kappa shape index (κ3) is 4.33. The molecule has 1 saturated heterocycles. The van der Waals surface area contributed by atoms with E-state index in [-0.39, 0.29) is 10.8 Å². The Labute approximate surface area is 150 Å². The van der Waals surface area contributed by atoms with Crippen LogP contribution in [0.1, 0.15) is 37.3 Å².